The highest BCUT2D eigenvalue weighted by Crippen LogP contribution is 2.30. The third kappa shape index (κ3) is 5.89. The zero-order valence-corrected chi connectivity index (χ0v) is 16.0. The molecular formula is C22H37NO. The van der Waals surface area contributed by atoms with E-state index < -0.39 is 0 Å². The van der Waals surface area contributed by atoms with Crippen molar-refractivity contribution in [3.8, 4) is 0 Å². The third-order valence-corrected chi connectivity index (χ3v) is 5.76. The first-order valence-electron chi connectivity index (χ1n) is 10.0. The van der Waals surface area contributed by atoms with Crippen LogP contribution in [-0.2, 0) is 11.2 Å². The molecule has 3 unspecified atom stereocenters. The van der Waals surface area contributed by atoms with E-state index in [2.05, 4.69) is 49.2 Å². The van der Waals surface area contributed by atoms with Gasteiger partial charge in [-0.3, -0.25) is 4.90 Å². The molecule has 1 saturated heterocycles. The lowest BCUT2D eigenvalue weighted by Gasteiger charge is -2.27. The van der Waals surface area contributed by atoms with Gasteiger partial charge >= 0.3 is 0 Å². The number of rotatable bonds is 11. The molecule has 3 atom stereocenters. The van der Waals surface area contributed by atoms with Gasteiger partial charge in [0.2, 0.25) is 0 Å². The second-order valence-corrected chi connectivity index (χ2v) is 7.50. The van der Waals surface area contributed by atoms with Gasteiger partial charge in [-0.1, -0.05) is 82.2 Å². The number of methoxy groups -OCH3 is 1. The monoisotopic (exact) mass is 331 g/mol. The molecule has 0 saturated carbocycles. The van der Waals surface area contributed by atoms with Crippen molar-refractivity contribution in [2.45, 2.75) is 89.3 Å². The first kappa shape index (κ1) is 19.5. The lowest BCUT2D eigenvalue weighted by molar-refractivity contribution is 0.0711. The molecule has 0 radical (unpaired) electrons. The highest BCUT2D eigenvalue weighted by molar-refractivity contribution is 5.17. The van der Waals surface area contributed by atoms with Gasteiger partial charge in [-0.15, -0.1) is 0 Å². The van der Waals surface area contributed by atoms with Gasteiger partial charge in [0.25, 0.3) is 0 Å². The molecule has 1 aliphatic rings. The lowest BCUT2D eigenvalue weighted by atomic mass is 10.0. The summed E-state index contributed by atoms with van der Waals surface area (Å²) >= 11 is 0. The first-order chi connectivity index (χ1) is 11.8. The van der Waals surface area contributed by atoms with Crippen molar-refractivity contribution in [3.05, 3.63) is 35.9 Å². The van der Waals surface area contributed by atoms with Crippen molar-refractivity contribution in [3.63, 3.8) is 0 Å². The van der Waals surface area contributed by atoms with Gasteiger partial charge in [0.15, 0.2) is 0 Å². The average Bonchev–Trinajstić information content (AvgIpc) is 2.91. The zero-order chi connectivity index (χ0) is 17.2. The number of hydrogen-bond donors (Lipinski definition) is 0. The highest BCUT2D eigenvalue weighted by atomic mass is 16.5. The van der Waals surface area contributed by atoms with E-state index in [1.54, 1.807) is 0 Å². The Bertz CT molecular complexity index is 433. The largest absolute Gasteiger partial charge is 0.380 e. The molecule has 1 fully saturated rings. The maximum Gasteiger partial charge on any atom is 0.0744 e. The Hall–Kier alpha value is -0.860. The molecule has 0 bridgehead atoms. The smallest absolute Gasteiger partial charge is 0.0744 e. The molecule has 1 aromatic rings. The minimum atomic E-state index is 0.379. The van der Waals surface area contributed by atoms with E-state index in [1.807, 2.05) is 7.11 Å². The normalized spacial score (nSPS) is 24.5. The predicted octanol–water partition coefficient (Wildman–Crippen LogP) is 5.46. The first-order valence-corrected chi connectivity index (χ1v) is 10.0. The summed E-state index contributed by atoms with van der Waals surface area (Å²) in [6.07, 6.45) is 13.8. The number of ether oxygens (including phenoxy) is 1. The molecule has 0 aromatic heterocycles. The van der Waals surface area contributed by atoms with E-state index >= 15 is 0 Å². The van der Waals surface area contributed by atoms with Crippen LogP contribution in [0, 0.1) is 0 Å². The molecule has 0 spiro atoms. The SMILES string of the molecule is CCCCCCCCCC1CC(OC)C(Cc2ccccc2)N1C. The van der Waals surface area contributed by atoms with Crippen molar-refractivity contribution in [1.82, 2.24) is 4.90 Å². The van der Waals surface area contributed by atoms with Crippen LogP contribution in [0.4, 0.5) is 0 Å². The van der Waals surface area contributed by atoms with Crippen molar-refractivity contribution in [2.24, 2.45) is 0 Å². The summed E-state index contributed by atoms with van der Waals surface area (Å²) in [6, 6.07) is 12.1. The topological polar surface area (TPSA) is 12.5 Å². The fourth-order valence-electron chi connectivity index (χ4n) is 4.17. The highest BCUT2D eigenvalue weighted by Gasteiger charge is 2.38. The maximum absolute atomic E-state index is 5.83. The van der Waals surface area contributed by atoms with E-state index in [9.17, 15) is 0 Å². The molecule has 1 aliphatic heterocycles. The van der Waals surface area contributed by atoms with E-state index in [0.717, 1.165) is 6.42 Å². The van der Waals surface area contributed by atoms with Crippen LogP contribution < -0.4 is 0 Å². The summed E-state index contributed by atoms with van der Waals surface area (Å²) in [5, 5.41) is 0. The molecule has 0 N–H and O–H groups in total. The summed E-state index contributed by atoms with van der Waals surface area (Å²) in [4.78, 5) is 2.60. The molecule has 2 heteroatoms. The van der Waals surface area contributed by atoms with Crippen molar-refractivity contribution < 1.29 is 4.74 Å². The van der Waals surface area contributed by atoms with Gasteiger partial charge in [-0.25, -0.2) is 0 Å². The Morgan fingerprint density at radius 1 is 1.00 bits per heavy atom. The molecule has 2 nitrogen and oxygen atoms in total. The summed E-state index contributed by atoms with van der Waals surface area (Å²) in [6.45, 7) is 2.29. The van der Waals surface area contributed by atoms with E-state index in [1.165, 1.54) is 63.4 Å². The second kappa shape index (κ2) is 10.9. The van der Waals surface area contributed by atoms with Crippen LogP contribution in [0.2, 0.25) is 0 Å². The predicted molar refractivity (Wildman–Crippen MR) is 104 cm³/mol. The van der Waals surface area contributed by atoms with E-state index in [-0.39, 0.29) is 0 Å². The van der Waals surface area contributed by atoms with Crippen LogP contribution in [0.3, 0.4) is 0 Å². The Labute approximate surface area is 149 Å². The molecule has 0 aliphatic carbocycles. The van der Waals surface area contributed by atoms with Crippen molar-refractivity contribution in [1.29, 1.82) is 0 Å². The van der Waals surface area contributed by atoms with Crippen LogP contribution in [0.1, 0.15) is 70.3 Å². The van der Waals surface area contributed by atoms with E-state index in [4.69, 9.17) is 4.74 Å². The summed E-state index contributed by atoms with van der Waals surface area (Å²) in [5.41, 5.74) is 1.42. The van der Waals surface area contributed by atoms with Gasteiger partial charge in [0.05, 0.1) is 6.10 Å². The Balaban J connectivity index is 1.74. The van der Waals surface area contributed by atoms with Gasteiger partial charge in [-0.05, 0) is 31.9 Å². The molecule has 2 rings (SSSR count). The van der Waals surface area contributed by atoms with Crippen LogP contribution in [0.25, 0.3) is 0 Å². The molecule has 0 amide bonds. The number of nitrogens with zero attached hydrogens (tertiary/aromatic N) is 1. The summed E-state index contributed by atoms with van der Waals surface area (Å²) in [5.74, 6) is 0. The van der Waals surface area contributed by atoms with Crippen molar-refractivity contribution >= 4 is 0 Å². The van der Waals surface area contributed by atoms with Crippen LogP contribution in [0.5, 0.6) is 0 Å². The molecule has 1 heterocycles. The summed E-state index contributed by atoms with van der Waals surface area (Å²) in [7, 11) is 4.19. The van der Waals surface area contributed by atoms with Gasteiger partial charge in [0.1, 0.15) is 0 Å². The summed E-state index contributed by atoms with van der Waals surface area (Å²) < 4.78 is 5.83. The number of unbranched alkanes of at least 4 members (excludes halogenated alkanes) is 6. The molecule has 136 valence electrons. The minimum Gasteiger partial charge on any atom is -0.380 e. The fourth-order valence-corrected chi connectivity index (χ4v) is 4.17. The van der Waals surface area contributed by atoms with Crippen LogP contribution >= 0.6 is 0 Å². The average molecular weight is 332 g/mol. The number of hydrogen-bond acceptors (Lipinski definition) is 2. The zero-order valence-electron chi connectivity index (χ0n) is 16.0. The van der Waals surface area contributed by atoms with Crippen LogP contribution in [0.15, 0.2) is 30.3 Å². The van der Waals surface area contributed by atoms with Crippen molar-refractivity contribution in [2.75, 3.05) is 14.2 Å². The molecule has 24 heavy (non-hydrogen) atoms. The van der Waals surface area contributed by atoms with Crippen LogP contribution in [-0.4, -0.2) is 37.2 Å². The Kier molecular flexibility index (Phi) is 8.83. The maximum atomic E-state index is 5.83. The number of likely N-dealkylation sites (N-methyl/N-ethyl adjacent to an activating group) is 1. The quantitative estimate of drug-likeness (QED) is 0.499. The molecule has 1 aromatic carbocycles. The van der Waals surface area contributed by atoms with E-state index in [0.29, 0.717) is 18.2 Å². The standard InChI is InChI=1S/C22H37NO/c1-4-5-6-7-8-9-13-16-20-18-22(24-3)21(23(20)2)17-19-14-11-10-12-15-19/h10-12,14-15,20-22H,4-9,13,16-18H2,1-3H3. The van der Waals surface area contributed by atoms with Gasteiger partial charge in [0, 0.05) is 19.2 Å². The third-order valence-electron chi connectivity index (χ3n) is 5.76. The minimum absolute atomic E-state index is 0.379. The Morgan fingerprint density at radius 3 is 2.33 bits per heavy atom. The van der Waals surface area contributed by atoms with Gasteiger partial charge in [-0.2, -0.15) is 0 Å². The van der Waals surface area contributed by atoms with Gasteiger partial charge < -0.3 is 4.74 Å². The number of benzene rings is 1. The number of likely N-dealkylation sites (tertiary alicyclic amines) is 1. The second-order valence-electron chi connectivity index (χ2n) is 7.50. The fraction of sp³-hybridized carbons (Fsp3) is 0.727. The Morgan fingerprint density at radius 2 is 1.67 bits per heavy atom. The lowest BCUT2D eigenvalue weighted by Crippen LogP contribution is -2.37. The molecular weight excluding hydrogens is 294 g/mol.